The summed E-state index contributed by atoms with van der Waals surface area (Å²) >= 11 is 0. The van der Waals surface area contributed by atoms with E-state index < -0.39 is 4.92 Å². The minimum Gasteiger partial charge on any atom is -0.496 e. The van der Waals surface area contributed by atoms with Gasteiger partial charge in [0.25, 0.3) is 5.69 Å². The molecule has 1 aliphatic rings. The third-order valence-corrected chi connectivity index (χ3v) is 3.99. The van der Waals surface area contributed by atoms with Crippen LogP contribution in [0.5, 0.6) is 5.75 Å². The molecule has 0 atom stereocenters. The minimum atomic E-state index is -0.434. The fourth-order valence-electron chi connectivity index (χ4n) is 2.66. The molecule has 1 heterocycles. The van der Waals surface area contributed by atoms with Crippen molar-refractivity contribution in [2.75, 3.05) is 38.3 Å². The van der Waals surface area contributed by atoms with Gasteiger partial charge in [-0.05, 0) is 18.2 Å². The molecule has 0 N–H and O–H groups in total. The van der Waals surface area contributed by atoms with Gasteiger partial charge in [-0.15, -0.1) is 0 Å². The second kappa shape index (κ2) is 7.76. The maximum Gasteiger partial charge on any atom is 0.271 e. The van der Waals surface area contributed by atoms with E-state index in [-0.39, 0.29) is 5.69 Å². The molecule has 0 spiro atoms. The number of methoxy groups -OCH3 is 1. The van der Waals surface area contributed by atoms with Crippen LogP contribution in [0, 0.1) is 10.1 Å². The first-order valence-electron chi connectivity index (χ1n) is 7.96. The average Bonchev–Trinajstić information content (AvgIpc) is 2.67. The van der Waals surface area contributed by atoms with E-state index in [0.29, 0.717) is 11.4 Å². The number of non-ortho nitro benzene ring substituents is 1. The standard InChI is InChI=1S/C18H19N3O4/c1-24-18-12-16(20-7-9-25-10-8-20)6-5-14(18)13-19-15-3-2-4-17(11-15)21(22)23/h2-6,11-13H,7-10H2,1H3. The van der Waals surface area contributed by atoms with Crippen molar-refractivity contribution in [1.29, 1.82) is 0 Å². The van der Waals surface area contributed by atoms with Crippen molar-refractivity contribution >= 4 is 23.3 Å². The molecule has 0 aromatic heterocycles. The summed E-state index contributed by atoms with van der Waals surface area (Å²) in [6.07, 6.45) is 1.65. The van der Waals surface area contributed by atoms with Crippen molar-refractivity contribution in [2.24, 2.45) is 4.99 Å². The van der Waals surface area contributed by atoms with E-state index in [4.69, 9.17) is 9.47 Å². The second-order valence-corrected chi connectivity index (χ2v) is 5.56. The van der Waals surface area contributed by atoms with Crippen molar-refractivity contribution in [3.63, 3.8) is 0 Å². The first kappa shape index (κ1) is 16.9. The topological polar surface area (TPSA) is 77.2 Å². The number of hydrogen-bond acceptors (Lipinski definition) is 6. The third kappa shape index (κ3) is 4.13. The van der Waals surface area contributed by atoms with Gasteiger partial charge in [0.15, 0.2) is 0 Å². The average molecular weight is 341 g/mol. The molecule has 7 nitrogen and oxygen atoms in total. The summed E-state index contributed by atoms with van der Waals surface area (Å²) in [5.74, 6) is 0.707. The summed E-state index contributed by atoms with van der Waals surface area (Å²) in [5.41, 5.74) is 2.43. The molecule has 0 radical (unpaired) electrons. The van der Waals surface area contributed by atoms with Crippen LogP contribution in [0.1, 0.15) is 5.56 Å². The monoisotopic (exact) mass is 341 g/mol. The fourth-order valence-corrected chi connectivity index (χ4v) is 2.66. The molecular weight excluding hydrogens is 322 g/mol. The summed E-state index contributed by atoms with van der Waals surface area (Å²) in [5, 5.41) is 10.8. The predicted molar refractivity (Wildman–Crippen MR) is 96.4 cm³/mol. The molecule has 0 bridgehead atoms. The highest BCUT2D eigenvalue weighted by molar-refractivity contribution is 5.86. The van der Waals surface area contributed by atoms with E-state index in [9.17, 15) is 10.1 Å². The normalized spacial score (nSPS) is 14.7. The Morgan fingerprint density at radius 2 is 2.04 bits per heavy atom. The molecule has 7 heteroatoms. The van der Waals surface area contributed by atoms with Gasteiger partial charge in [-0.1, -0.05) is 6.07 Å². The van der Waals surface area contributed by atoms with Crippen LogP contribution in [-0.4, -0.2) is 44.6 Å². The molecule has 0 amide bonds. The van der Waals surface area contributed by atoms with Crippen molar-refractivity contribution in [2.45, 2.75) is 0 Å². The lowest BCUT2D eigenvalue weighted by molar-refractivity contribution is -0.384. The van der Waals surface area contributed by atoms with Crippen LogP contribution in [0.3, 0.4) is 0 Å². The van der Waals surface area contributed by atoms with Crippen molar-refractivity contribution < 1.29 is 14.4 Å². The number of anilines is 1. The molecule has 2 aromatic carbocycles. The Bertz CT molecular complexity index is 786. The number of hydrogen-bond donors (Lipinski definition) is 0. The SMILES string of the molecule is COc1cc(N2CCOCC2)ccc1C=Nc1cccc([N+](=O)[O-])c1. The number of nitro groups is 1. The quantitative estimate of drug-likeness (QED) is 0.474. The lowest BCUT2D eigenvalue weighted by Crippen LogP contribution is -2.36. The van der Waals surface area contributed by atoms with Crippen molar-refractivity contribution in [1.82, 2.24) is 0 Å². The van der Waals surface area contributed by atoms with Gasteiger partial charge in [0, 0.05) is 48.8 Å². The summed E-state index contributed by atoms with van der Waals surface area (Å²) < 4.78 is 10.8. The molecule has 0 aliphatic carbocycles. The second-order valence-electron chi connectivity index (χ2n) is 5.56. The van der Waals surface area contributed by atoms with E-state index in [0.717, 1.165) is 37.6 Å². The number of nitro benzene ring substituents is 1. The zero-order valence-electron chi connectivity index (χ0n) is 13.9. The van der Waals surface area contributed by atoms with Crippen LogP contribution in [0.25, 0.3) is 0 Å². The Morgan fingerprint density at radius 1 is 1.24 bits per heavy atom. The lowest BCUT2D eigenvalue weighted by Gasteiger charge is -2.29. The summed E-state index contributed by atoms with van der Waals surface area (Å²) in [6, 6.07) is 12.1. The number of benzene rings is 2. The molecule has 2 aromatic rings. The number of aliphatic imine (C=N–C) groups is 1. The third-order valence-electron chi connectivity index (χ3n) is 3.99. The Morgan fingerprint density at radius 3 is 2.76 bits per heavy atom. The largest absolute Gasteiger partial charge is 0.496 e. The summed E-state index contributed by atoms with van der Waals surface area (Å²) in [6.45, 7) is 3.14. The number of morpholine rings is 1. The van der Waals surface area contributed by atoms with Gasteiger partial charge in [-0.3, -0.25) is 15.1 Å². The smallest absolute Gasteiger partial charge is 0.271 e. The van der Waals surface area contributed by atoms with Crippen LogP contribution in [0.2, 0.25) is 0 Å². The Kier molecular flexibility index (Phi) is 5.25. The summed E-state index contributed by atoms with van der Waals surface area (Å²) in [7, 11) is 1.61. The van der Waals surface area contributed by atoms with Gasteiger partial charge in [0.05, 0.1) is 30.9 Å². The number of nitrogens with zero attached hydrogens (tertiary/aromatic N) is 3. The van der Waals surface area contributed by atoms with E-state index in [1.54, 1.807) is 25.5 Å². The highest BCUT2D eigenvalue weighted by Gasteiger charge is 2.13. The highest BCUT2D eigenvalue weighted by atomic mass is 16.6. The van der Waals surface area contributed by atoms with E-state index in [1.165, 1.54) is 12.1 Å². The molecule has 130 valence electrons. The van der Waals surface area contributed by atoms with Gasteiger partial charge >= 0.3 is 0 Å². The number of rotatable bonds is 5. The Hall–Kier alpha value is -2.93. The molecule has 0 unspecified atom stereocenters. The van der Waals surface area contributed by atoms with Crippen LogP contribution < -0.4 is 9.64 Å². The first-order chi connectivity index (χ1) is 12.2. The van der Waals surface area contributed by atoms with E-state index in [2.05, 4.69) is 9.89 Å². The molecule has 1 aliphatic heterocycles. The lowest BCUT2D eigenvalue weighted by atomic mass is 10.1. The van der Waals surface area contributed by atoms with Crippen molar-refractivity contribution in [3.05, 3.63) is 58.1 Å². The number of ether oxygens (including phenoxy) is 2. The maximum absolute atomic E-state index is 10.8. The molecule has 1 saturated heterocycles. The van der Waals surface area contributed by atoms with Gasteiger partial charge < -0.3 is 14.4 Å². The van der Waals surface area contributed by atoms with Gasteiger partial charge in [-0.2, -0.15) is 0 Å². The Balaban J connectivity index is 1.82. The fraction of sp³-hybridized carbons (Fsp3) is 0.278. The molecule has 0 saturated carbocycles. The minimum absolute atomic E-state index is 0.0179. The van der Waals surface area contributed by atoms with Gasteiger partial charge in [-0.25, -0.2) is 0 Å². The van der Waals surface area contributed by atoms with Crippen LogP contribution in [0.15, 0.2) is 47.5 Å². The maximum atomic E-state index is 10.8. The van der Waals surface area contributed by atoms with Gasteiger partial charge in [0.2, 0.25) is 0 Å². The van der Waals surface area contributed by atoms with E-state index >= 15 is 0 Å². The van der Waals surface area contributed by atoms with E-state index in [1.807, 2.05) is 18.2 Å². The molecule has 25 heavy (non-hydrogen) atoms. The first-order valence-corrected chi connectivity index (χ1v) is 7.96. The van der Waals surface area contributed by atoms with Crippen LogP contribution >= 0.6 is 0 Å². The molecule has 1 fully saturated rings. The zero-order valence-corrected chi connectivity index (χ0v) is 13.9. The highest BCUT2D eigenvalue weighted by Crippen LogP contribution is 2.26. The van der Waals surface area contributed by atoms with Crippen LogP contribution in [0.4, 0.5) is 17.1 Å². The predicted octanol–water partition coefficient (Wildman–Crippen LogP) is 3.19. The van der Waals surface area contributed by atoms with Gasteiger partial charge in [0.1, 0.15) is 5.75 Å². The molecular formula is C18H19N3O4. The molecule has 3 rings (SSSR count). The zero-order chi connectivity index (χ0) is 17.6. The van der Waals surface area contributed by atoms with Crippen molar-refractivity contribution in [3.8, 4) is 5.75 Å². The van der Waals surface area contributed by atoms with Crippen LogP contribution in [-0.2, 0) is 4.74 Å². The Labute approximate surface area is 145 Å². The summed E-state index contributed by atoms with van der Waals surface area (Å²) in [4.78, 5) is 17.0.